The van der Waals surface area contributed by atoms with Crippen LogP contribution in [0.3, 0.4) is 0 Å². The SMILES string of the molecule is c1coc(C23CN4CCN(CC(C4)C24CO4)C3)c1. The molecule has 18 heavy (non-hydrogen) atoms. The molecule has 6 heterocycles. The van der Waals surface area contributed by atoms with E-state index in [1.54, 1.807) is 0 Å². The summed E-state index contributed by atoms with van der Waals surface area (Å²) < 4.78 is 11.9. The van der Waals surface area contributed by atoms with Crippen LogP contribution in [-0.2, 0) is 10.2 Å². The van der Waals surface area contributed by atoms with Crippen molar-refractivity contribution >= 4 is 0 Å². The highest BCUT2D eigenvalue weighted by Crippen LogP contribution is 2.58. The van der Waals surface area contributed by atoms with Gasteiger partial charge in [-0.3, -0.25) is 0 Å². The summed E-state index contributed by atoms with van der Waals surface area (Å²) >= 11 is 0. The van der Waals surface area contributed by atoms with Crippen LogP contribution >= 0.6 is 0 Å². The molecule has 5 aliphatic heterocycles. The first-order valence-corrected chi connectivity index (χ1v) is 6.95. The Labute approximate surface area is 106 Å². The summed E-state index contributed by atoms with van der Waals surface area (Å²) in [6.45, 7) is 7.96. The Bertz CT molecular complexity index is 464. The smallest absolute Gasteiger partial charge is 0.115 e. The van der Waals surface area contributed by atoms with Gasteiger partial charge < -0.3 is 19.0 Å². The molecule has 4 nitrogen and oxygen atoms in total. The van der Waals surface area contributed by atoms with Gasteiger partial charge in [0.15, 0.2) is 0 Å². The maximum Gasteiger partial charge on any atom is 0.115 e. The van der Waals surface area contributed by atoms with Crippen molar-refractivity contribution in [2.75, 3.05) is 45.9 Å². The summed E-state index contributed by atoms with van der Waals surface area (Å²) in [5.41, 5.74) is 0.163. The first-order chi connectivity index (χ1) is 8.82. The maximum absolute atomic E-state index is 6.04. The van der Waals surface area contributed by atoms with Crippen LogP contribution in [0.5, 0.6) is 0 Å². The number of ether oxygens (including phenoxy) is 1. The van der Waals surface area contributed by atoms with Crippen molar-refractivity contribution < 1.29 is 9.15 Å². The second-order valence-corrected chi connectivity index (χ2v) is 6.40. The van der Waals surface area contributed by atoms with E-state index in [4.69, 9.17) is 9.15 Å². The van der Waals surface area contributed by atoms with Gasteiger partial charge in [0, 0.05) is 45.2 Å². The minimum absolute atomic E-state index is 0.0775. The number of epoxide rings is 1. The number of nitrogens with zero attached hydrogens (tertiary/aromatic N) is 2. The largest absolute Gasteiger partial charge is 0.469 e. The number of rotatable bonds is 1. The summed E-state index contributed by atoms with van der Waals surface area (Å²) in [6.07, 6.45) is 1.81. The minimum Gasteiger partial charge on any atom is -0.469 e. The summed E-state index contributed by atoms with van der Waals surface area (Å²) in [5.74, 6) is 1.80. The molecule has 3 atom stereocenters. The van der Waals surface area contributed by atoms with Crippen LogP contribution in [0.15, 0.2) is 22.8 Å². The van der Waals surface area contributed by atoms with Crippen LogP contribution in [0.4, 0.5) is 0 Å². The minimum atomic E-state index is 0.0775. The predicted octanol–water partition coefficient (Wildman–Crippen LogP) is 0.547. The number of furan rings is 1. The molecule has 3 unspecified atom stereocenters. The Morgan fingerprint density at radius 3 is 2.44 bits per heavy atom. The molecule has 0 aromatic carbocycles. The van der Waals surface area contributed by atoms with Gasteiger partial charge in [0.05, 0.1) is 18.3 Å². The normalized spacial score (nSPS) is 52.8. The molecule has 0 aliphatic carbocycles. The van der Waals surface area contributed by atoms with E-state index in [0.29, 0.717) is 5.92 Å². The molecule has 0 radical (unpaired) electrons. The lowest BCUT2D eigenvalue weighted by molar-refractivity contribution is -0.0405. The molecule has 5 saturated heterocycles. The van der Waals surface area contributed by atoms with Crippen molar-refractivity contribution in [2.24, 2.45) is 5.92 Å². The molecule has 5 aliphatic rings. The highest BCUT2D eigenvalue weighted by Gasteiger charge is 2.72. The maximum atomic E-state index is 6.04. The third kappa shape index (κ3) is 0.999. The molecule has 0 N–H and O–H groups in total. The average molecular weight is 246 g/mol. The van der Waals surface area contributed by atoms with Crippen molar-refractivity contribution in [2.45, 2.75) is 11.0 Å². The molecule has 4 bridgehead atoms. The number of fused-ring (bicyclic) bond motifs is 1. The van der Waals surface area contributed by atoms with Crippen LogP contribution in [0, 0.1) is 5.92 Å². The second-order valence-electron chi connectivity index (χ2n) is 6.40. The fourth-order valence-electron chi connectivity index (χ4n) is 4.71. The lowest BCUT2D eigenvalue weighted by Gasteiger charge is -2.53. The standard InChI is InChI=1S/C14H18N2O2/c1-2-12(17-5-1)13-8-15-3-4-16(9-13)7-11(6-15)14(13)10-18-14/h1-2,5,11H,3-4,6-10H2. The van der Waals surface area contributed by atoms with Crippen molar-refractivity contribution in [3.8, 4) is 0 Å². The van der Waals surface area contributed by atoms with Gasteiger partial charge in [-0.25, -0.2) is 0 Å². The van der Waals surface area contributed by atoms with Gasteiger partial charge >= 0.3 is 0 Å². The molecule has 4 heteroatoms. The number of hydrogen-bond acceptors (Lipinski definition) is 4. The van der Waals surface area contributed by atoms with Crippen LogP contribution in [0.1, 0.15) is 5.76 Å². The van der Waals surface area contributed by atoms with Gasteiger partial charge in [-0.15, -0.1) is 0 Å². The second kappa shape index (κ2) is 3.00. The highest BCUT2D eigenvalue weighted by molar-refractivity contribution is 5.33. The van der Waals surface area contributed by atoms with Gasteiger partial charge in [-0.1, -0.05) is 0 Å². The van der Waals surface area contributed by atoms with Gasteiger partial charge in [0.1, 0.15) is 11.4 Å². The van der Waals surface area contributed by atoms with Crippen molar-refractivity contribution in [3.63, 3.8) is 0 Å². The molecule has 1 aromatic heterocycles. The van der Waals surface area contributed by atoms with E-state index < -0.39 is 0 Å². The Kier molecular flexibility index (Phi) is 1.67. The first-order valence-electron chi connectivity index (χ1n) is 6.95. The Morgan fingerprint density at radius 2 is 1.89 bits per heavy atom. The van der Waals surface area contributed by atoms with E-state index in [1.165, 1.54) is 26.2 Å². The van der Waals surface area contributed by atoms with Gasteiger partial charge in [0.2, 0.25) is 0 Å². The molecule has 0 saturated carbocycles. The zero-order valence-electron chi connectivity index (χ0n) is 10.5. The van der Waals surface area contributed by atoms with E-state index in [2.05, 4.69) is 15.9 Å². The topological polar surface area (TPSA) is 32.2 Å². The number of piperidine rings is 2. The van der Waals surface area contributed by atoms with E-state index in [9.17, 15) is 0 Å². The fourth-order valence-corrected chi connectivity index (χ4v) is 4.71. The fraction of sp³-hybridized carbons (Fsp3) is 0.714. The zero-order chi connectivity index (χ0) is 11.8. The molecular formula is C14H18N2O2. The van der Waals surface area contributed by atoms with Gasteiger partial charge in [-0.2, -0.15) is 0 Å². The molecule has 6 rings (SSSR count). The van der Waals surface area contributed by atoms with E-state index >= 15 is 0 Å². The van der Waals surface area contributed by atoms with E-state index in [0.717, 1.165) is 25.5 Å². The zero-order valence-corrected chi connectivity index (χ0v) is 10.5. The van der Waals surface area contributed by atoms with Crippen molar-refractivity contribution in [3.05, 3.63) is 24.2 Å². The van der Waals surface area contributed by atoms with Crippen LogP contribution < -0.4 is 0 Å². The van der Waals surface area contributed by atoms with Crippen molar-refractivity contribution in [1.29, 1.82) is 0 Å². The highest BCUT2D eigenvalue weighted by atomic mass is 16.6. The van der Waals surface area contributed by atoms with E-state index in [1.807, 2.05) is 12.3 Å². The van der Waals surface area contributed by atoms with Crippen LogP contribution in [0.25, 0.3) is 0 Å². The van der Waals surface area contributed by atoms with E-state index in [-0.39, 0.29) is 11.0 Å². The first kappa shape index (κ1) is 10.0. The third-order valence-electron chi connectivity index (χ3n) is 5.59. The Balaban J connectivity index is 1.71. The Morgan fingerprint density at radius 1 is 1.17 bits per heavy atom. The quantitative estimate of drug-likeness (QED) is 0.677. The van der Waals surface area contributed by atoms with Gasteiger partial charge in [0.25, 0.3) is 0 Å². The molecule has 1 spiro atoms. The number of hydrogen-bond donors (Lipinski definition) is 0. The molecule has 0 amide bonds. The monoisotopic (exact) mass is 246 g/mol. The van der Waals surface area contributed by atoms with Crippen LogP contribution in [-0.4, -0.2) is 61.3 Å². The molecule has 5 fully saturated rings. The summed E-state index contributed by atoms with van der Waals surface area (Å²) in [4.78, 5) is 5.24. The summed E-state index contributed by atoms with van der Waals surface area (Å²) in [7, 11) is 0. The van der Waals surface area contributed by atoms with Gasteiger partial charge in [-0.05, 0) is 12.1 Å². The molecule has 96 valence electrons. The summed E-state index contributed by atoms with van der Waals surface area (Å²) in [5, 5.41) is 0. The lowest BCUT2D eigenvalue weighted by atomic mass is 9.62. The van der Waals surface area contributed by atoms with Crippen molar-refractivity contribution in [1.82, 2.24) is 9.80 Å². The predicted molar refractivity (Wildman–Crippen MR) is 65.4 cm³/mol. The summed E-state index contributed by atoms with van der Waals surface area (Å²) in [6, 6.07) is 4.17. The van der Waals surface area contributed by atoms with Crippen LogP contribution in [0.2, 0.25) is 0 Å². The molecule has 1 aromatic rings. The lowest BCUT2D eigenvalue weighted by Crippen LogP contribution is -2.68. The third-order valence-corrected chi connectivity index (χ3v) is 5.59. The molecular weight excluding hydrogens is 228 g/mol. The average Bonchev–Trinajstić information content (AvgIpc) is 3.00. The Hall–Kier alpha value is -0.840.